The van der Waals surface area contributed by atoms with Crippen LogP contribution in [0.3, 0.4) is 0 Å². The highest BCUT2D eigenvalue weighted by molar-refractivity contribution is 5.92. The second kappa shape index (κ2) is 6.75. The molecule has 0 amide bonds. The topological polar surface area (TPSA) is 79.9 Å². The summed E-state index contributed by atoms with van der Waals surface area (Å²) in [5.74, 6) is 1.20. The highest BCUT2D eigenvalue weighted by Crippen LogP contribution is 2.16. The predicted octanol–water partition coefficient (Wildman–Crippen LogP) is 1.05. The van der Waals surface area contributed by atoms with Crippen LogP contribution in [0.1, 0.15) is 6.92 Å². The molecule has 1 atom stereocenters. The fourth-order valence-corrected chi connectivity index (χ4v) is 1.20. The van der Waals surface area contributed by atoms with Crippen LogP contribution < -0.4 is 15.8 Å². The van der Waals surface area contributed by atoms with Crippen LogP contribution in [0.2, 0.25) is 0 Å². The van der Waals surface area contributed by atoms with E-state index < -0.39 is 0 Å². The molecule has 0 saturated heterocycles. The minimum absolute atomic E-state index is 0.107. The maximum atomic E-state index is 8.86. The van der Waals surface area contributed by atoms with Gasteiger partial charge in [0.1, 0.15) is 5.75 Å². The van der Waals surface area contributed by atoms with E-state index in [1.807, 2.05) is 31.2 Å². The molecule has 1 rings (SSSR count). The van der Waals surface area contributed by atoms with Crippen molar-refractivity contribution >= 4 is 11.6 Å². The van der Waals surface area contributed by atoms with Crippen LogP contribution in [0.15, 0.2) is 29.3 Å². The van der Waals surface area contributed by atoms with Crippen LogP contribution in [-0.4, -0.2) is 31.3 Å². The third kappa shape index (κ3) is 4.74. The van der Waals surface area contributed by atoms with E-state index >= 15 is 0 Å². The van der Waals surface area contributed by atoms with Crippen LogP contribution in [0, 0.1) is 5.92 Å². The van der Waals surface area contributed by atoms with Gasteiger partial charge in [0.15, 0.2) is 5.96 Å². The van der Waals surface area contributed by atoms with Gasteiger partial charge in [0.25, 0.3) is 0 Å². The van der Waals surface area contributed by atoms with E-state index in [9.17, 15) is 0 Å². The van der Waals surface area contributed by atoms with E-state index in [1.54, 1.807) is 7.11 Å². The average Bonchev–Trinajstić information content (AvgIpc) is 2.36. The summed E-state index contributed by atoms with van der Waals surface area (Å²) in [4.78, 5) is 4.13. The molecule has 0 aliphatic carbocycles. The molecular formula is C12H19N3O2. The van der Waals surface area contributed by atoms with Crippen LogP contribution in [-0.2, 0) is 0 Å². The number of methoxy groups -OCH3 is 1. The van der Waals surface area contributed by atoms with E-state index in [-0.39, 0.29) is 12.5 Å². The van der Waals surface area contributed by atoms with Crippen molar-refractivity contribution in [3.05, 3.63) is 24.3 Å². The van der Waals surface area contributed by atoms with Gasteiger partial charge in [0, 0.05) is 24.9 Å². The molecule has 5 heteroatoms. The third-order valence-corrected chi connectivity index (χ3v) is 2.23. The number of aliphatic imine (C=N–C) groups is 1. The molecule has 0 fully saturated rings. The molecule has 1 unspecified atom stereocenters. The van der Waals surface area contributed by atoms with Gasteiger partial charge in [0.2, 0.25) is 0 Å². The number of aliphatic hydroxyl groups is 1. The lowest BCUT2D eigenvalue weighted by molar-refractivity contribution is 0.242. The van der Waals surface area contributed by atoms with Gasteiger partial charge >= 0.3 is 0 Å². The molecule has 1 aromatic carbocycles. The zero-order valence-corrected chi connectivity index (χ0v) is 10.2. The highest BCUT2D eigenvalue weighted by Gasteiger charge is 2.00. The van der Waals surface area contributed by atoms with E-state index in [2.05, 4.69) is 10.3 Å². The first kappa shape index (κ1) is 13.3. The summed E-state index contributed by atoms with van der Waals surface area (Å²) < 4.78 is 5.10. The van der Waals surface area contributed by atoms with Crippen LogP contribution in [0.4, 0.5) is 5.69 Å². The Morgan fingerprint density at radius 3 is 3.00 bits per heavy atom. The molecule has 5 nitrogen and oxygen atoms in total. The van der Waals surface area contributed by atoms with Gasteiger partial charge in [-0.1, -0.05) is 13.0 Å². The summed E-state index contributed by atoms with van der Waals surface area (Å²) in [6.45, 7) is 2.51. The third-order valence-electron chi connectivity index (χ3n) is 2.23. The first-order chi connectivity index (χ1) is 8.15. The fourth-order valence-electron chi connectivity index (χ4n) is 1.20. The molecule has 0 heterocycles. The Morgan fingerprint density at radius 1 is 1.59 bits per heavy atom. The summed E-state index contributed by atoms with van der Waals surface area (Å²) in [6.07, 6.45) is 0. The lowest BCUT2D eigenvalue weighted by Crippen LogP contribution is -2.24. The number of hydrogen-bond acceptors (Lipinski definition) is 3. The number of aliphatic hydroxyl groups excluding tert-OH is 1. The van der Waals surface area contributed by atoms with Gasteiger partial charge in [-0.2, -0.15) is 0 Å². The summed E-state index contributed by atoms with van der Waals surface area (Å²) in [5, 5.41) is 11.8. The normalized spacial score (nSPS) is 13.2. The largest absolute Gasteiger partial charge is 0.497 e. The lowest BCUT2D eigenvalue weighted by atomic mass is 10.2. The molecule has 0 aliphatic heterocycles. The monoisotopic (exact) mass is 237 g/mol. The fraction of sp³-hybridized carbons (Fsp3) is 0.417. The van der Waals surface area contributed by atoms with Gasteiger partial charge < -0.3 is 20.9 Å². The average molecular weight is 237 g/mol. The molecule has 0 spiro atoms. The zero-order valence-electron chi connectivity index (χ0n) is 10.2. The van der Waals surface area contributed by atoms with Crippen molar-refractivity contribution in [1.82, 2.24) is 0 Å². The Hall–Kier alpha value is -1.75. The standard InChI is InChI=1S/C12H19N3O2/c1-9(8-16)7-14-12(13)15-10-4-3-5-11(6-10)17-2/h3-6,9,16H,7-8H2,1-2H3,(H3,13,14,15). The van der Waals surface area contributed by atoms with Crippen molar-refractivity contribution < 1.29 is 9.84 Å². The minimum Gasteiger partial charge on any atom is -0.497 e. The van der Waals surface area contributed by atoms with Crippen molar-refractivity contribution in [1.29, 1.82) is 0 Å². The van der Waals surface area contributed by atoms with Crippen LogP contribution in [0.25, 0.3) is 0 Å². The number of ether oxygens (including phenoxy) is 1. The SMILES string of the molecule is COc1cccc(NC(N)=NCC(C)CO)c1. The Bertz CT molecular complexity index is 380. The first-order valence-electron chi connectivity index (χ1n) is 5.47. The highest BCUT2D eigenvalue weighted by atomic mass is 16.5. The quantitative estimate of drug-likeness (QED) is 0.528. The molecule has 0 saturated carbocycles. The first-order valence-corrected chi connectivity index (χ1v) is 5.47. The number of hydrogen-bond donors (Lipinski definition) is 3. The molecular weight excluding hydrogens is 218 g/mol. The summed E-state index contributed by atoms with van der Waals surface area (Å²) in [5.41, 5.74) is 6.54. The molecule has 17 heavy (non-hydrogen) atoms. The maximum absolute atomic E-state index is 8.86. The lowest BCUT2D eigenvalue weighted by Gasteiger charge is -2.08. The molecule has 4 N–H and O–H groups in total. The number of benzene rings is 1. The Labute approximate surface area is 101 Å². The number of guanidine groups is 1. The van der Waals surface area contributed by atoms with Crippen LogP contribution >= 0.6 is 0 Å². The van der Waals surface area contributed by atoms with E-state index in [4.69, 9.17) is 15.6 Å². The number of nitrogens with zero attached hydrogens (tertiary/aromatic N) is 1. The maximum Gasteiger partial charge on any atom is 0.193 e. The van der Waals surface area contributed by atoms with Crippen molar-refractivity contribution in [3.8, 4) is 5.75 Å². The second-order valence-electron chi connectivity index (χ2n) is 3.87. The van der Waals surface area contributed by atoms with Gasteiger partial charge in [-0.25, -0.2) is 0 Å². The molecule has 0 aliphatic rings. The Morgan fingerprint density at radius 2 is 2.35 bits per heavy atom. The summed E-state index contributed by atoms with van der Waals surface area (Å²) >= 11 is 0. The molecule has 0 aromatic heterocycles. The van der Waals surface area contributed by atoms with Crippen molar-refractivity contribution in [2.75, 3.05) is 25.6 Å². The smallest absolute Gasteiger partial charge is 0.193 e. The predicted molar refractivity (Wildman–Crippen MR) is 69.4 cm³/mol. The number of nitrogens with two attached hydrogens (primary N) is 1. The number of rotatable bonds is 5. The van der Waals surface area contributed by atoms with Crippen LogP contribution in [0.5, 0.6) is 5.75 Å². The van der Waals surface area contributed by atoms with Gasteiger partial charge in [-0.15, -0.1) is 0 Å². The second-order valence-corrected chi connectivity index (χ2v) is 3.87. The van der Waals surface area contributed by atoms with Gasteiger partial charge in [0.05, 0.1) is 7.11 Å². The van der Waals surface area contributed by atoms with Crippen molar-refractivity contribution in [3.63, 3.8) is 0 Å². The number of nitrogens with one attached hydrogen (secondary N) is 1. The minimum atomic E-state index is 0.107. The Kier molecular flexibility index (Phi) is 5.29. The molecule has 0 radical (unpaired) electrons. The van der Waals surface area contributed by atoms with E-state index in [0.717, 1.165) is 11.4 Å². The zero-order chi connectivity index (χ0) is 12.7. The van der Waals surface area contributed by atoms with Gasteiger partial charge in [-0.05, 0) is 18.1 Å². The summed E-state index contributed by atoms with van der Waals surface area (Å²) in [7, 11) is 1.61. The van der Waals surface area contributed by atoms with E-state index in [1.165, 1.54) is 0 Å². The Balaban J connectivity index is 2.57. The number of anilines is 1. The van der Waals surface area contributed by atoms with Crippen molar-refractivity contribution in [2.24, 2.45) is 16.6 Å². The van der Waals surface area contributed by atoms with E-state index in [0.29, 0.717) is 12.5 Å². The van der Waals surface area contributed by atoms with Gasteiger partial charge in [-0.3, -0.25) is 4.99 Å². The molecule has 1 aromatic rings. The molecule has 0 bridgehead atoms. The molecule has 94 valence electrons. The summed E-state index contributed by atoms with van der Waals surface area (Å²) in [6, 6.07) is 7.43. The van der Waals surface area contributed by atoms with Crippen molar-refractivity contribution in [2.45, 2.75) is 6.92 Å².